The van der Waals surface area contributed by atoms with Gasteiger partial charge in [-0.15, -0.1) is 11.3 Å². The summed E-state index contributed by atoms with van der Waals surface area (Å²) in [7, 11) is 1.94. The second-order valence-electron chi connectivity index (χ2n) is 4.45. The molecular formula is C16H13F3N2OS2. The fourth-order valence-electron chi connectivity index (χ4n) is 1.79. The van der Waals surface area contributed by atoms with Crippen LogP contribution in [-0.2, 0) is 4.79 Å². The Morgan fingerprint density at radius 2 is 1.79 bits per heavy atom. The number of nitrogens with zero attached hydrogens (tertiary/aromatic N) is 1. The summed E-state index contributed by atoms with van der Waals surface area (Å²) < 4.78 is 31.2. The van der Waals surface area contributed by atoms with Crippen LogP contribution in [0.3, 0.4) is 0 Å². The average molecular weight is 370 g/mol. The van der Waals surface area contributed by atoms with Crippen molar-refractivity contribution in [2.75, 3.05) is 12.4 Å². The highest BCUT2D eigenvalue weighted by molar-refractivity contribution is 7.23. The molecular weight excluding hydrogens is 357 g/mol. The Labute approximate surface area is 144 Å². The van der Waals surface area contributed by atoms with Crippen molar-refractivity contribution >= 4 is 34.0 Å². The van der Waals surface area contributed by atoms with Gasteiger partial charge in [0.2, 0.25) is 6.29 Å². The Balaban J connectivity index is 0.000000301. The van der Waals surface area contributed by atoms with Crippen molar-refractivity contribution < 1.29 is 18.0 Å². The average Bonchev–Trinajstić information content (AvgIpc) is 3.24. The summed E-state index contributed by atoms with van der Waals surface area (Å²) in [5.41, 5.74) is 2.19. The molecule has 0 fully saturated rings. The van der Waals surface area contributed by atoms with Gasteiger partial charge >= 0.3 is 6.18 Å². The number of alkyl halides is 3. The van der Waals surface area contributed by atoms with Crippen LogP contribution in [0.2, 0.25) is 0 Å². The molecule has 3 rings (SSSR count). The van der Waals surface area contributed by atoms with Gasteiger partial charge in [-0.1, -0.05) is 47.7 Å². The second-order valence-corrected chi connectivity index (χ2v) is 6.40. The molecule has 0 atom stereocenters. The van der Waals surface area contributed by atoms with E-state index in [1.165, 1.54) is 4.88 Å². The summed E-state index contributed by atoms with van der Waals surface area (Å²) in [6, 6.07) is 14.5. The number of halogens is 3. The monoisotopic (exact) mass is 370 g/mol. The lowest BCUT2D eigenvalue weighted by Crippen LogP contribution is -2.07. The number of anilines is 1. The van der Waals surface area contributed by atoms with Crippen molar-refractivity contribution in [2.45, 2.75) is 6.18 Å². The summed E-state index contributed by atoms with van der Waals surface area (Å²) in [5, 5.41) is 7.51. The van der Waals surface area contributed by atoms with Crippen LogP contribution in [0.1, 0.15) is 0 Å². The number of rotatable bonds is 3. The van der Waals surface area contributed by atoms with Crippen molar-refractivity contribution in [3.05, 3.63) is 47.8 Å². The zero-order valence-corrected chi connectivity index (χ0v) is 14.1. The van der Waals surface area contributed by atoms with Crippen LogP contribution >= 0.6 is 22.7 Å². The van der Waals surface area contributed by atoms with Crippen LogP contribution in [0, 0.1) is 0 Å². The third-order valence-corrected chi connectivity index (χ3v) is 4.88. The highest BCUT2D eigenvalue weighted by Crippen LogP contribution is 2.38. The molecule has 0 bridgehead atoms. The lowest BCUT2D eigenvalue weighted by Gasteiger charge is -1.99. The molecule has 3 aromatic rings. The van der Waals surface area contributed by atoms with Crippen LogP contribution in [0.4, 0.5) is 18.2 Å². The van der Waals surface area contributed by atoms with E-state index in [2.05, 4.69) is 35.0 Å². The fourth-order valence-corrected chi connectivity index (χ4v) is 3.52. The summed E-state index contributed by atoms with van der Waals surface area (Å²) >= 11 is 3.42. The molecule has 24 heavy (non-hydrogen) atoms. The van der Waals surface area contributed by atoms with E-state index in [0.29, 0.717) is 0 Å². The van der Waals surface area contributed by atoms with Crippen LogP contribution < -0.4 is 5.32 Å². The summed E-state index contributed by atoms with van der Waals surface area (Å²) in [5.74, 6) is 0. The molecule has 8 heteroatoms. The summed E-state index contributed by atoms with van der Waals surface area (Å²) in [6.45, 7) is 0. The molecule has 126 valence electrons. The first-order chi connectivity index (χ1) is 11.4. The van der Waals surface area contributed by atoms with Gasteiger partial charge in [0.25, 0.3) is 0 Å². The van der Waals surface area contributed by atoms with Gasteiger partial charge in [0, 0.05) is 12.6 Å². The van der Waals surface area contributed by atoms with E-state index in [4.69, 9.17) is 9.78 Å². The van der Waals surface area contributed by atoms with Crippen molar-refractivity contribution in [3.63, 3.8) is 0 Å². The molecule has 1 N–H and O–H groups in total. The molecule has 3 nitrogen and oxygen atoms in total. The third-order valence-electron chi connectivity index (χ3n) is 2.77. The molecule has 0 aliphatic heterocycles. The number of carbonyl (C=O) groups excluding carboxylic acids is 1. The molecule has 1 aromatic carbocycles. The maximum Gasteiger partial charge on any atom is 0.446 e. The lowest BCUT2D eigenvalue weighted by atomic mass is 10.2. The van der Waals surface area contributed by atoms with Crippen LogP contribution in [-0.4, -0.2) is 24.5 Å². The number of carbonyl (C=O) groups is 1. The largest absolute Gasteiger partial charge is 0.446 e. The molecule has 0 radical (unpaired) electrons. The Kier molecular flexibility index (Phi) is 6.10. The molecule has 2 heterocycles. The first-order valence-electron chi connectivity index (χ1n) is 6.75. The minimum absolute atomic E-state index is 1.03. The quantitative estimate of drug-likeness (QED) is 0.634. The van der Waals surface area contributed by atoms with Crippen molar-refractivity contribution in [1.82, 2.24) is 4.98 Å². The first kappa shape index (κ1) is 18.2. The molecule has 0 saturated heterocycles. The highest BCUT2D eigenvalue weighted by Gasteiger charge is 2.24. The standard InChI is InChI=1S/C14H12N2S2.C2HF3O/c1-15-14-12(10-6-3-2-4-7-10)16-13(18-14)11-8-5-9-17-11;3-2(4,5)1-6/h2-9,15H,1H3;1H. The van der Waals surface area contributed by atoms with Crippen LogP contribution in [0.15, 0.2) is 47.8 Å². The maximum atomic E-state index is 10.4. The van der Waals surface area contributed by atoms with Crippen molar-refractivity contribution in [2.24, 2.45) is 0 Å². The summed E-state index contributed by atoms with van der Waals surface area (Å²) in [4.78, 5) is 14.7. The molecule has 0 amide bonds. The van der Waals surface area contributed by atoms with Gasteiger partial charge in [0.05, 0.1) is 4.88 Å². The van der Waals surface area contributed by atoms with E-state index < -0.39 is 12.5 Å². The van der Waals surface area contributed by atoms with E-state index in [1.54, 1.807) is 22.7 Å². The van der Waals surface area contributed by atoms with E-state index in [0.717, 1.165) is 21.3 Å². The zero-order chi connectivity index (χ0) is 17.6. The van der Waals surface area contributed by atoms with Crippen LogP contribution in [0.25, 0.3) is 21.1 Å². The van der Waals surface area contributed by atoms with Gasteiger partial charge in [-0.3, -0.25) is 4.79 Å². The Morgan fingerprint density at radius 1 is 1.12 bits per heavy atom. The number of hydrogen-bond donors (Lipinski definition) is 1. The topological polar surface area (TPSA) is 42.0 Å². The number of aromatic nitrogens is 1. The fraction of sp³-hybridized carbons (Fsp3) is 0.125. The molecule has 0 spiro atoms. The third kappa shape index (κ3) is 4.90. The van der Waals surface area contributed by atoms with Crippen LogP contribution in [0.5, 0.6) is 0 Å². The van der Waals surface area contributed by atoms with Gasteiger partial charge in [0.15, 0.2) is 0 Å². The SMILES string of the molecule is CNc1sc(-c2cccs2)nc1-c1ccccc1.O=CC(F)(F)F. The second kappa shape index (κ2) is 8.07. The minimum atomic E-state index is -4.64. The Hall–Kier alpha value is -2.19. The number of thiazole rings is 1. The molecule has 0 saturated carbocycles. The van der Waals surface area contributed by atoms with Gasteiger partial charge in [-0.25, -0.2) is 4.98 Å². The smallest absolute Gasteiger partial charge is 0.378 e. The maximum absolute atomic E-state index is 10.4. The minimum Gasteiger partial charge on any atom is -0.378 e. The molecule has 2 aromatic heterocycles. The number of benzene rings is 1. The Morgan fingerprint density at radius 3 is 2.29 bits per heavy atom. The molecule has 0 aliphatic carbocycles. The molecule has 0 aliphatic rings. The van der Waals surface area contributed by atoms with Gasteiger partial charge < -0.3 is 5.32 Å². The predicted octanol–water partition coefficient (Wildman–Crippen LogP) is 5.33. The van der Waals surface area contributed by atoms with E-state index in [-0.39, 0.29) is 0 Å². The number of aldehydes is 1. The normalized spacial score (nSPS) is 10.7. The number of thiophene rings is 1. The zero-order valence-electron chi connectivity index (χ0n) is 12.5. The van der Waals surface area contributed by atoms with Gasteiger partial charge in [0.1, 0.15) is 15.7 Å². The highest BCUT2D eigenvalue weighted by atomic mass is 32.1. The lowest BCUT2D eigenvalue weighted by molar-refractivity contribution is -0.156. The predicted molar refractivity (Wildman–Crippen MR) is 92.5 cm³/mol. The van der Waals surface area contributed by atoms with Crippen molar-refractivity contribution in [3.8, 4) is 21.1 Å². The van der Waals surface area contributed by atoms with Gasteiger partial charge in [-0.05, 0) is 11.4 Å². The van der Waals surface area contributed by atoms with E-state index in [1.807, 2.05) is 25.2 Å². The Bertz CT molecular complexity index is 768. The van der Waals surface area contributed by atoms with Gasteiger partial charge in [-0.2, -0.15) is 13.2 Å². The molecule has 0 unspecified atom stereocenters. The number of nitrogens with one attached hydrogen (secondary N) is 1. The van der Waals surface area contributed by atoms with Crippen molar-refractivity contribution in [1.29, 1.82) is 0 Å². The van der Waals surface area contributed by atoms with E-state index >= 15 is 0 Å². The summed E-state index contributed by atoms with van der Waals surface area (Å²) in [6.07, 6.45) is -5.70. The first-order valence-corrected chi connectivity index (χ1v) is 8.45. The van der Waals surface area contributed by atoms with E-state index in [9.17, 15) is 13.2 Å². The number of hydrogen-bond acceptors (Lipinski definition) is 5.